The number of carbonyl (C=O) groups is 1. The van der Waals surface area contributed by atoms with Crippen LogP contribution in [-0.2, 0) is 4.74 Å². The SMILES string of the molecule is CCOc1ccc(NC(=O)OC)cc1F. The van der Waals surface area contributed by atoms with Crippen LogP contribution in [0.5, 0.6) is 5.75 Å². The van der Waals surface area contributed by atoms with Crippen LogP contribution < -0.4 is 10.1 Å². The number of amides is 1. The predicted molar refractivity (Wildman–Crippen MR) is 53.6 cm³/mol. The first-order valence-electron chi connectivity index (χ1n) is 4.44. The Labute approximate surface area is 87.0 Å². The van der Waals surface area contributed by atoms with Crippen molar-refractivity contribution < 1.29 is 18.7 Å². The van der Waals surface area contributed by atoms with Gasteiger partial charge in [0.2, 0.25) is 0 Å². The molecule has 0 saturated heterocycles. The normalized spacial score (nSPS) is 9.53. The van der Waals surface area contributed by atoms with E-state index in [0.29, 0.717) is 12.3 Å². The zero-order valence-electron chi connectivity index (χ0n) is 8.54. The molecule has 82 valence electrons. The van der Waals surface area contributed by atoms with Gasteiger partial charge in [0.1, 0.15) is 0 Å². The van der Waals surface area contributed by atoms with E-state index >= 15 is 0 Å². The number of rotatable bonds is 3. The maximum Gasteiger partial charge on any atom is 0.411 e. The van der Waals surface area contributed by atoms with Crippen molar-refractivity contribution in [3.8, 4) is 5.75 Å². The molecular weight excluding hydrogens is 201 g/mol. The first-order chi connectivity index (χ1) is 7.17. The van der Waals surface area contributed by atoms with Gasteiger partial charge in [-0.1, -0.05) is 0 Å². The second kappa shape index (κ2) is 5.19. The maximum absolute atomic E-state index is 13.3. The highest BCUT2D eigenvalue weighted by Gasteiger charge is 2.06. The van der Waals surface area contributed by atoms with E-state index in [1.165, 1.54) is 25.3 Å². The highest BCUT2D eigenvalue weighted by Crippen LogP contribution is 2.21. The zero-order chi connectivity index (χ0) is 11.3. The number of halogens is 1. The molecule has 0 atom stereocenters. The molecule has 1 aromatic rings. The number of ether oxygens (including phenoxy) is 2. The quantitative estimate of drug-likeness (QED) is 0.838. The third-order valence-electron chi connectivity index (χ3n) is 1.66. The van der Waals surface area contributed by atoms with Crippen molar-refractivity contribution in [3.63, 3.8) is 0 Å². The Bertz CT molecular complexity index is 355. The zero-order valence-corrected chi connectivity index (χ0v) is 8.54. The molecule has 0 aliphatic carbocycles. The van der Waals surface area contributed by atoms with Crippen LogP contribution >= 0.6 is 0 Å². The summed E-state index contributed by atoms with van der Waals surface area (Å²) < 4.78 is 22.6. The number of hydrogen-bond donors (Lipinski definition) is 1. The molecule has 0 aliphatic heterocycles. The minimum Gasteiger partial charge on any atom is -0.491 e. The Morgan fingerprint density at radius 3 is 2.80 bits per heavy atom. The van der Waals surface area contributed by atoms with E-state index in [1.807, 2.05) is 0 Å². The number of benzene rings is 1. The van der Waals surface area contributed by atoms with Crippen molar-refractivity contribution >= 4 is 11.8 Å². The van der Waals surface area contributed by atoms with Crippen molar-refractivity contribution in [1.82, 2.24) is 0 Å². The van der Waals surface area contributed by atoms with Crippen molar-refractivity contribution in [2.45, 2.75) is 6.92 Å². The third-order valence-corrected chi connectivity index (χ3v) is 1.66. The van der Waals surface area contributed by atoms with Crippen LogP contribution in [0.2, 0.25) is 0 Å². The summed E-state index contributed by atoms with van der Waals surface area (Å²) in [5.74, 6) is -0.362. The first kappa shape index (κ1) is 11.3. The molecule has 0 aromatic heterocycles. The van der Waals surface area contributed by atoms with Gasteiger partial charge in [-0.15, -0.1) is 0 Å². The third kappa shape index (κ3) is 3.12. The van der Waals surface area contributed by atoms with Gasteiger partial charge in [-0.25, -0.2) is 9.18 Å². The lowest BCUT2D eigenvalue weighted by Gasteiger charge is -2.07. The largest absolute Gasteiger partial charge is 0.491 e. The van der Waals surface area contributed by atoms with Crippen LogP contribution in [0.4, 0.5) is 14.9 Å². The minimum atomic E-state index is -0.640. The molecule has 5 heteroatoms. The Morgan fingerprint density at radius 1 is 1.53 bits per heavy atom. The summed E-state index contributed by atoms with van der Waals surface area (Å²) in [6, 6.07) is 4.15. The van der Waals surface area contributed by atoms with Crippen LogP contribution in [0.25, 0.3) is 0 Å². The Kier molecular flexibility index (Phi) is 3.91. The fraction of sp³-hybridized carbons (Fsp3) is 0.300. The van der Waals surface area contributed by atoms with Crippen LogP contribution in [-0.4, -0.2) is 19.8 Å². The maximum atomic E-state index is 13.3. The van der Waals surface area contributed by atoms with Gasteiger partial charge in [0.05, 0.1) is 13.7 Å². The molecule has 1 N–H and O–H groups in total. The van der Waals surface area contributed by atoms with E-state index < -0.39 is 11.9 Å². The lowest BCUT2D eigenvalue weighted by molar-refractivity contribution is 0.187. The van der Waals surface area contributed by atoms with Gasteiger partial charge in [0, 0.05) is 11.8 Å². The van der Waals surface area contributed by atoms with E-state index in [0.717, 1.165) is 0 Å². The second-order valence-corrected chi connectivity index (χ2v) is 2.69. The van der Waals surface area contributed by atoms with Crippen molar-refractivity contribution in [3.05, 3.63) is 24.0 Å². The lowest BCUT2D eigenvalue weighted by atomic mass is 10.3. The van der Waals surface area contributed by atoms with Crippen LogP contribution in [0.1, 0.15) is 6.92 Å². The fourth-order valence-corrected chi connectivity index (χ4v) is 1.02. The predicted octanol–water partition coefficient (Wildman–Crippen LogP) is 2.40. The van der Waals surface area contributed by atoms with E-state index in [-0.39, 0.29) is 5.75 Å². The van der Waals surface area contributed by atoms with E-state index in [9.17, 15) is 9.18 Å². The average molecular weight is 213 g/mol. The summed E-state index contributed by atoms with van der Waals surface area (Å²) >= 11 is 0. The van der Waals surface area contributed by atoms with E-state index in [4.69, 9.17) is 4.74 Å². The van der Waals surface area contributed by atoms with Crippen molar-refractivity contribution in [2.75, 3.05) is 19.0 Å². The number of methoxy groups -OCH3 is 1. The Hall–Kier alpha value is -1.78. The van der Waals surface area contributed by atoms with Crippen LogP contribution in [0.3, 0.4) is 0 Å². The molecule has 1 amide bonds. The summed E-state index contributed by atoms with van der Waals surface area (Å²) in [4.78, 5) is 10.8. The number of carbonyl (C=O) groups excluding carboxylic acids is 1. The van der Waals surface area contributed by atoms with Gasteiger partial charge >= 0.3 is 6.09 Å². The Balaban J connectivity index is 2.77. The van der Waals surface area contributed by atoms with Gasteiger partial charge in [-0.3, -0.25) is 5.32 Å². The lowest BCUT2D eigenvalue weighted by Crippen LogP contribution is -2.11. The van der Waals surface area contributed by atoms with Gasteiger partial charge in [0.25, 0.3) is 0 Å². The highest BCUT2D eigenvalue weighted by molar-refractivity contribution is 5.84. The summed E-state index contributed by atoms with van der Waals surface area (Å²) in [6.45, 7) is 2.15. The van der Waals surface area contributed by atoms with Crippen LogP contribution in [0.15, 0.2) is 18.2 Å². The number of anilines is 1. The van der Waals surface area contributed by atoms with E-state index in [2.05, 4.69) is 10.1 Å². The first-order valence-corrected chi connectivity index (χ1v) is 4.44. The smallest absolute Gasteiger partial charge is 0.411 e. The molecule has 0 radical (unpaired) electrons. The van der Waals surface area contributed by atoms with Gasteiger partial charge in [-0.2, -0.15) is 0 Å². The molecule has 0 saturated carbocycles. The molecule has 0 unspecified atom stereocenters. The molecule has 0 spiro atoms. The standard InChI is InChI=1S/C10H12FNO3/c1-3-15-9-5-4-7(6-8(9)11)12-10(13)14-2/h4-6H,3H2,1-2H3,(H,12,13). The summed E-state index contributed by atoms with van der Waals surface area (Å²) in [5, 5.41) is 2.35. The molecule has 0 aliphatic rings. The molecule has 0 heterocycles. The molecule has 0 bridgehead atoms. The van der Waals surface area contributed by atoms with Crippen molar-refractivity contribution in [2.24, 2.45) is 0 Å². The number of nitrogens with one attached hydrogen (secondary N) is 1. The van der Waals surface area contributed by atoms with Crippen molar-refractivity contribution in [1.29, 1.82) is 0 Å². The molecule has 1 aromatic carbocycles. The molecule has 4 nitrogen and oxygen atoms in total. The Morgan fingerprint density at radius 2 is 2.27 bits per heavy atom. The number of hydrogen-bond acceptors (Lipinski definition) is 3. The molecule has 1 rings (SSSR count). The second-order valence-electron chi connectivity index (χ2n) is 2.69. The highest BCUT2D eigenvalue weighted by atomic mass is 19.1. The summed E-state index contributed by atoms with van der Waals surface area (Å²) in [6.07, 6.45) is -0.640. The van der Waals surface area contributed by atoms with E-state index in [1.54, 1.807) is 6.92 Å². The minimum absolute atomic E-state index is 0.160. The topological polar surface area (TPSA) is 47.6 Å². The van der Waals surface area contributed by atoms with Gasteiger partial charge in [-0.05, 0) is 19.1 Å². The monoisotopic (exact) mass is 213 g/mol. The molecule has 15 heavy (non-hydrogen) atoms. The fourth-order valence-electron chi connectivity index (χ4n) is 1.02. The van der Waals surface area contributed by atoms with Crippen LogP contribution in [0, 0.1) is 5.82 Å². The van der Waals surface area contributed by atoms with Gasteiger partial charge < -0.3 is 9.47 Å². The molecule has 0 fully saturated rings. The summed E-state index contributed by atoms with van der Waals surface area (Å²) in [5.41, 5.74) is 0.322. The average Bonchev–Trinajstić information content (AvgIpc) is 2.22. The molecular formula is C10H12FNO3. The van der Waals surface area contributed by atoms with Gasteiger partial charge in [0.15, 0.2) is 11.6 Å². The summed E-state index contributed by atoms with van der Waals surface area (Å²) in [7, 11) is 1.24.